The number of halogens is 1. The number of nitrogens with one attached hydrogen (secondary N) is 1. The Labute approximate surface area is 181 Å². The highest BCUT2D eigenvalue weighted by atomic mass is 35.5. The summed E-state index contributed by atoms with van der Waals surface area (Å²) in [6.45, 7) is 4.89. The van der Waals surface area contributed by atoms with E-state index in [1.54, 1.807) is 0 Å². The predicted octanol–water partition coefficient (Wildman–Crippen LogP) is 4.23. The standard InChI is InChI=1S/C23H25ClN4O2/c1-16-5-7-17(8-6-16)14-25-23(29)18-9-11-28(12-10-18)15-21-26-22(27-30-21)19-3-2-4-20(24)13-19/h2-8,13,18H,9-12,14-15H2,1H3,(H,25,29). The molecule has 0 bridgehead atoms. The number of likely N-dealkylation sites (tertiary alicyclic amines) is 1. The van der Waals surface area contributed by atoms with E-state index in [1.165, 1.54) is 5.56 Å². The number of nitrogens with zero attached hydrogens (tertiary/aromatic N) is 3. The zero-order chi connectivity index (χ0) is 20.9. The average Bonchev–Trinajstić information content (AvgIpc) is 3.22. The van der Waals surface area contributed by atoms with Crippen LogP contribution in [0.3, 0.4) is 0 Å². The second-order valence-corrected chi connectivity index (χ2v) is 8.21. The number of hydrogen-bond donors (Lipinski definition) is 1. The molecule has 0 saturated carbocycles. The van der Waals surface area contributed by atoms with Gasteiger partial charge in [0.15, 0.2) is 0 Å². The van der Waals surface area contributed by atoms with E-state index in [0.717, 1.165) is 37.1 Å². The van der Waals surface area contributed by atoms with E-state index in [9.17, 15) is 4.79 Å². The Morgan fingerprint density at radius 1 is 1.20 bits per heavy atom. The summed E-state index contributed by atoms with van der Waals surface area (Å²) in [5.74, 6) is 1.30. The Bertz CT molecular complexity index is 994. The number of benzene rings is 2. The largest absolute Gasteiger partial charge is 0.352 e. The lowest BCUT2D eigenvalue weighted by atomic mass is 9.96. The molecule has 1 aliphatic rings. The zero-order valence-electron chi connectivity index (χ0n) is 17.0. The molecule has 1 aromatic heterocycles. The van der Waals surface area contributed by atoms with E-state index in [-0.39, 0.29) is 11.8 Å². The van der Waals surface area contributed by atoms with Gasteiger partial charge in [-0.1, -0.05) is 58.7 Å². The maximum Gasteiger partial charge on any atom is 0.241 e. The average molecular weight is 425 g/mol. The zero-order valence-corrected chi connectivity index (χ0v) is 17.7. The number of carbonyl (C=O) groups excluding carboxylic acids is 1. The third kappa shape index (κ3) is 5.26. The monoisotopic (exact) mass is 424 g/mol. The molecule has 1 fully saturated rings. The highest BCUT2D eigenvalue weighted by molar-refractivity contribution is 6.30. The van der Waals surface area contributed by atoms with Gasteiger partial charge in [0.05, 0.1) is 6.54 Å². The van der Waals surface area contributed by atoms with Gasteiger partial charge in [-0.25, -0.2) is 0 Å². The number of amides is 1. The van der Waals surface area contributed by atoms with Gasteiger partial charge in [-0.2, -0.15) is 4.98 Å². The van der Waals surface area contributed by atoms with Crippen molar-refractivity contribution in [3.05, 3.63) is 70.6 Å². The maximum atomic E-state index is 12.5. The molecular weight excluding hydrogens is 400 g/mol. The van der Waals surface area contributed by atoms with Crippen LogP contribution in [0.2, 0.25) is 5.02 Å². The van der Waals surface area contributed by atoms with Gasteiger partial charge in [0, 0.05) is 23.0 Å². The van der Waals surface area contributed by atoms with Crippen molar-refractivity contribution in [2.24, 2.45) is 5.92 Å². The molecule has 6 nitrogen and oxygen atoms in total. The molecule has 1 amide bonds. The third-order valence-electron chi connectivity index (χ3n) is 5.46. The summed E-state index contributed by atoms with van der Waals surface area (Å²) < 4.78 is 5.41. The van der Waals surface area contributed by atoms with E-state index in [2.05, 4.69) is 51.5 Å². The molecule has 4 rings (SSSR count). The normalized spacial score (nSPS) is 15.3. The van der Waals surface area contributed by atoms with Crippen LogP contribution >= 0.6 is 11.6 Å². The van der Waals surface area contributed by atoms with Gasteiger partial charge in [-0.3, -0.25) is 9.69 Å². The lowest BCUT2D eigenvalue weighted by Gasteiger charge is -2.30. The van der Waals surface area contributed by atoms with Crippen LogP contribution < -0.4 is 5.32 Å². The van der Waals surface area contributed by atoms with Crippen LogP contribution in [-0.4, -0.2) is 34.0 Å². The smallest absolute Gasteiger partial charge is 0.241 e. The van der Waals surface area contributed by atoms with Gasteiger partial charge in [-0.15, -0.1) is 0 Å². The summed E-state index contributed by atoms with van der Waals surface area (Å²) in [5.41, 5.74) is 3.18. The highest BCUT2D eigenvalue weighted by Gasteiger charge is 2.25. The van der Waals surface area contributed by atoms with Crippen molar-refractivity contribution in [3.63, 3.8) is 0 Å². The van der Waals surface area contributed by atoms with Crippen molar-refractivity contribution in [1.29, 1.82) is 0 Å². The quantitative estimate of drug-likeness (QED) is 0.641. The SMILES string of the molecule is Cc1ccc(CNC(=O)C2CCN(Cc3nc(-c4cccc(Cl)c4)no3)CC2)cc1. The van der Waals surface area contributed by atoms with E-state index in [4.69, 9.17) is 16.1 Å². The molecule has 156 valence electrons. The van der Waals surface area contributed by atoms with Gasteiger partial charge >= 0.3 is 0 Å². The van der Waals surface area contributed by atoms with Gasteiger partial charge < -0.3 is 9.84 Å². The number of carbonyl (C=O) groups is 1. The molecule has 7 heteroatoms. The summed E-state index contributed by atoms with van der Waals surface area (Å²) in [6, 6.07) is 15.6. The molecule has 1 saturated heterocycles. The Balaban J connectivity index is 1.24. The lowest BCUT2D eigenvalue weighted by molar-refractivity contribution is -0.126. The number of aromatic nitrogens is 2. The number of rotatable bonds is 6. The minimum Gasteiger partial charge on any atom is -0.352 e. The topological polar surface area (TPSA) is 71.3 Å². The first-order valence-electron chi connectivity index (χ1n) is 10.2. The Morgan fingerprint density at radius 3 is 2.70 bits per heavy atom. The van der Waals surface area contributed by atoms with Crippen LogP contribution in [0.25, 0.3) is 11.4 Å². The number of aryl methyl sites for hydroxylation is 1. The van der Waals surface area contributed by atoms with Crippen molar-refractivity contribution < 1.29 is 9.32 Å². The molecule has 1 N–H and O–H groups in total. The van der Waals surface area contributed by atoms with E-state index in [0.29, 0.717) is 29.8 Å². The third-order valence-corrected chi connectivity index (χ3v) is 5.69. The van der Waals surface area contributed by atoms with Crippen LogP contribution in [0.4, 0.5) is 0 Å². The van der Waals surface area contributed by atoms with Crippen molar-refractivity contribution in [1.82, 2.24) is 20.4 Å². The van der Waals surface area contributed by atoms with Crippen molar-refractivity contribution in [2.75, 3.05) is 13.1 Å². The molecule has 2 aromatic carbocycles. The van der Waals surface area contributed by atoms with Crippen LogP contribution in [0.5, 0.6) is 0 Å². The molecule has 30 heavy (non-hydrogen) atoms. The fourth-order valence-electron chi connectivity index (χ4n) is 3.65. The summed E-state index contributed by atoms with van der Waals surface area (Å²) in [7, 11) is 0. The first-order chi connectivity index (χ1) is 14.6. The molecule has 0 atom stereocenters. The number of piperidine rings is 1. The Kier molecular flexibility index (Phi) is 6.45. The van der Waals surface area contributed by atoms with Crippen LogP contribution in [0, 0.1) is 12.8 Å². The van der Waals surface area contributed by atoms with E-state index < -0.39 is 0 Å². The molecule has 0 radical (unpaired) electrons. The predicted molar refractivity (Wildman–Crippen MR) is 116 cm³/mol. The van der Waals surface area contributed by atoms with Gasteiger partial charge in [0.1, 0.15) is 0 Å². The van der Waals surface area contributed by atoms with Gasteiger partial charge in [0.2, 0.25) is 17.6 Å². The molecule has 3 aromatic rings. The fourth-order valence-corrected chi connectivity index (χ4v) is 3.84. The van der Waals surface area contributed by atoms with E-state index >= 15 is 0 Å². The minimum atomic E-state index is 0.0522. The highest BCUT2D eigenvalue weighted by Crippen LogP contribution is 2.22. The van der Waals surface area contributed by atoms with Crippen LogP contribution in [0.15, 0.2) is 53.1 Å². The van der Waals surface area contributed by atoms with E-state index in [1.807, 2.05) is 24.3 Å². The lowest BCUT2D eigenvalue weighted by Crippen LogP contribution is -2.40. The van der Waals surface area contributed by atoms with Crippen molar-refractivity contribution in [2.45, 2.75) is 32.9 Å². The second kappa shape index (κ2) is 9.41. The molecule has 0 unspecified atom stereocenters. The molecule has 2 heterocycles. The Morgan fingerprint density at radius 2 is 1.97 bits per heavy atom. The van der Waals surface area contributed by atoms with Gasteiger partial charge in [-0.05, 0) is 50.6 Å². The molecule has 1 aliphatic heterocycles. The second-order valence-electron chi connectivity index (χ2n) is 7.78. The van der Waals surface area contributed by atoms with Gasteiger partial charge in [0.25, 0.3) is 0 Å². The molecule has 0 spiro atoms. The van der Waals surface area contributed by atoms with Crippen molar-refractivity contribution >= 4 is 17.5 Å². The molecular formula is C23H25ClN4O2. The first kappa shape index (κ1) is 20.6. The molecule has 0 aliphatic carbocycles. The number of hydrogen-bond acceptors (Lipinski definition) is 5. The summed E-state index contributed by atoms with van der Waals surface area (Å²) in [6.07, 6.45) is 1.66. The van der Waals surface area contributed by atoms with Crippen LogP contribution in [-0.2, 0) is 17.9 Å². The van der Waals surface area contributed by atoms with Crippen LogP contribution in [0.1, 0.15) is 29.9 Å². The fraction of sp³-hybridized carbons (Fsp3) is 0.348. The first-order valence-corrected chi connectivity index (χ1v) is 10.6. The maximum absolute atomic E-state index is 12.5. The summed E-state index contributed by atoms with van der Waals surface area (Å²) in [4.78, 5) is 19.2. The summed E-state index contributed by atoms with van der Waals surface area (Å²) in [5, 5.41) is 7.77. The minimum absolute atomic E-state index is 0.0522. The van der Waals surface area contributed by atoms with Crippen molar-refractivity contribution in [3.8, 4) is 11.4 Å². The Hall–Kier alpha value is -2.70. The summed E-state index contributed by atoms with van der Waals surface area (Å²) >= 11 is 6.03.